The number of rotatable bonds is 6. The molecule has 0 amide bonds. The minimum absolute atomic E-state index is 0.861. The van der Waals surface area contributed by atoms with Crippen molar-refractivity contribution in [3.8, 4) is 50.7 Å². The first kappa shape index (κ1) is 34.5. The van der Waals surface area contributed by atoms with Gasteiger partial charge in [0.15, 0.2) is 0 Å². The van der Waals surface area contributed by atoms with Crippen molar-refractivity contribution in [2.75, 3.05) is 0 Å². The molecule has 62 heavy (non-hydrogen) atoms. The van der Waals surface area contributed by atoms with Crippen molar-refractivity contribution in [2.24, 2.45) is 0 Å². The summed E-state index contributed by atoms with van der Waals surface area (Å²) in [5.74, 6) is 0.861. The molecule has 13 aromatic rings. The van der Waals surface area contributed by atoms with Crippen molar-refractivity contribution in [3.63, 3.8) is 0 Å². The zero-order chi connectivity index (χ0) is 40.7. The molecule has 0 N–H and O–H groups in total. The fourth-order valence-electron chi connectivity index (χ4n) is 9.85. The van der Waals surface area contributed by atoms with Gasteiger partial charge in [0.2, 0.25) is 5.78 Å². The molecule has 0 spiro atoms. The van der Waals surface area contributed by atoms with E-state index in [0.29, 0.717) is 0 Å². The molecule has 0 atom stereocenters. The number of imidazole rings is 2. The first-order chi connectivity index (χ1) is 30.8. The van der Waals surface area contributed by atoms with Crippen molar-refractivity contribution < 1.29 is 0 Å². The molecule has 0 unspecified atom stereocenters. The lowest BCUT2D eigenvalue weighted by molar-refractivity contribution is 1.10. The van der Waals surface area contributed by atoms with E-state index in [4.69, 9.17) is 4.98 Å². The van der Waals surface area contributed by atoms with Gasteiger partial charge in [-0.25, -0.2) is 4.98 Å². The summed E-state index contributed by atoms with van der Waals surface area (Å²) in [6, 6.07) is 80.8. The number of fused-ring (bicyclic) bond motifs is 9. The quantitative estimate of drug-likeness (QED) is 0.165. The first-order valence-corrected chi connectivity index (χ1v) is 21.1. The SMILES string of the molecule is c1ccc(-c2ccc3c(c2)n2c(-c4ccc5c(c4)c4ccccc4n5-c4ccccc4)c(-c4ccc5c(c4)c4ccccc4n5-c4ccccc4)nc2n3-c2ccccc2)cc1. The summed E-state index contributed by atoms with van der Waals surface area (Å²) in [4.78, 5) is 5.74. The molecule has 0 aliphatic rings. The predicted octanol–water partition coefficient (Wildman–Crippen LogP) is 14.5. The third kappa shape index (κ3) is 5.12. The van der Waals surface area contributed by atoms with Gasteiger partial charge >= 0.3 is 0 Å². The van der Waals surface area contributed by atoms with Crippen LogP contribution in [-0.4, -0.2) is 23.1 Å². The van der Waals surface area contributed by atoms with Gasteiger partial charge in [-0.05, 0) is 96.1 Å². The normalized spacial score (nSPS) is 11.9. The summed E-state index contributed by atoms with van der Waals surface area (Å²) in [6.07, 6.45) is 0. The van der Waals surface area contributed by atoms with Crippen LogP contribution in [0.5, 0.6) is 0 Å². The van der Waals surface area contributed by atoms with Crippen molar-refractivity contribution >= 4 is 60.4 Å². The van der Waals surface area contributed by atoms with Gasteiger partial charge in [-0.3, -0.25) is 8.97 Å². The number of para-hydroxylation sites is 5. The topological polar surface area (TPSA) is 32.1 Å². The second-order valence-corrected chi connectivity index (χ2v) is 16.0. The van der Waals surface area contributed by atoms with Crippen LogP contribution in [0.1, 0.15) is 0 Å². The maximum Gasteiger partial charge on any atom is 0.220 e. The van der Waals surface area contributed by atoms with E-state index in [1.54, 1.807) is 0 Å². The Kier molecular flexibility index (Phi) is 7.54. The van der Waals surface area contributed by atoms with Crippen LogP contribution in [0, 0.1) is 0 Å². The highest BCUT2D eigenvalue weighted by atomic mass is 15.2. The molecule has 290 valence electrons. The van der Waals surface area contributed by atoms with E-state index in [0.717, 1.165) is 73.0 Å². The van der Waals surface area contributed by atoms with Gasteiger partial charge in [-0.15, -0.1) is 0 Å². The van der Waals surface area contributed by atoms with Crippen molar-refractivity contribution in [1.29, 1.82) is 0 Å². The number of benzene rings is 9. The van der Waals surface area contributed by atoms with Crippen LogP contribution in [0.25, 0.3) is 111 Å². The maximum atomic E-state index is 5.74. The van der Waals surface area contributed by atoms with Gasteiger partial charge in [0.05, 0.1) is 44.5 Å². The van der Waals surface area contributed by atoms with Gasteiger partial charge in [0, 0.05) is 49.7 Å². The van der Waals surface area contributed by atoms with E-state index in [1.807, 2.05) is 0 Å². The van der Waals surface area contributed by atoms with E-state index >= 15 is 0 Å². The lowest BCUT2D eigenvalue weighted by Gasteiger charge is -2.10. The molecule has 5 nitrogen and oxygen atoms in total. The summed E-state index contributed by atoms with van der Waals surface area (Å²) in [5.41, 5.74) is 16.7. The van der Waals surface area contributed by atoms with Crippen molar-refractivity contribution in [1.82, 2.24) is 23.1 Å². The average Bonchev–Trinajstić information content (AvgIpc) is 4.08. The lowest BCUT2D eigenvalue weighted by Crippen LogP contribution is -1.95. The molecule has 9 aromatic carbocycles. The maximum absolute atomic E-state index is 5.74. The summed E-state index contributed by atoms with van der Waals surface area (Å²) < 4.78 is 9.47. The Balaban J connectivity index is 1.15. The Morgan fingerprint density at radius 2 is 0.710 bits per heavy atom. The van der Waals surface area contributed by atoms with E-state index < -0.39 is 0 Å². The van der Waals surface area contributed by atoms with E-state index in [-0.39, 0.29) is 0 Å². The Bertz CT molecular complexity index is 3830. The Morgan fingerprint density at radius 3 is 1.29 bits per heavy atom. The minimum atomic E-state index is 0.861. The molecular weight excluding hydrogens is 755 g/mol. The molecule has 0 fully saturated rings. The molecule has 0 saturated carbocycles. The lowest BCUT2D eigenvalue weighted by atomic mass is 10.0. The zero-order valence-electron chi connectivity index (χ0n) is 33.6. The zero-order valence-corrected chi connectivity index (χ0v) is 33.6. The second-order valence-electron chi connectivity index (χ2n) is 16.0. The molecule has 13 rings (SSSR count). The van der Waals surface area contributed by atoms with Crippen molar-refractivity contribution in [3.05, 3.63) is 224 Å². The average molecular weight is 792 g/mol. The van der Waals surface area contributed by atoms with Crippen LogP contribution >= 0.6 is 0 Å². The Hall–Kier alpha value is -8.41. The van der Waals surface area contributed by atoms with E-state index in [9.17, 15) is 0 Å². The molecule has 0 radical (unpaired) electrons. The number of hydrogen-bond donors (Lipinski definition) is 0. The number of nitrogens with zero attached hydrogens (tertiary/aromatic N) is 5. The number of aromatic nitrogens is 5. The van der Waals surface area contributed by atoms with Crippen LogP contribution in [0.2, 0.25) is 0 Å². The van der Waals surface area contributed by atoms with Gasteiger partial charge < -0.3 is 9.13 Å². The standard InChI is InChI=1S/C57H37N5/c1-5-17-38(18-6-1)39-29-34-53-54(37-39)62-56(41-31-33-52-48(36-41)46-26-14-16-28-50(46)60(52)43-21-9-3-10-22-43)55(58-57(62)61(53)44-23-11-4-12-24-44)40-30-32-51-47(35-40)45-25-13-15-27-49(45)59(51)42-19-7-2-8-20-42/h1-37H. The second kappa shape index (κ2) is 13.6. The molecule has 0 bridgehead atoms. The monoisotopic (exact) mass is 791 g/mol. The van der Waals surface area contributed by atoms with Crippen LogP contribution in [-0.2, 0) is 0 Å². The van der Waals surface area contributed by atoms with Crippen LogP contribution in [0.3, 0.4) is 0 Å². The Labute approximate surface area is 357 Å². The minimum Gasteiger partial charge on any atom is -0.309 e. The van der Waals surface area contributed by atoms with E-state index in [2.05, 4.69) is 243 Å². The third-order valence-corrected chi connectivity index (χ3v) is 12.6. The molecule has 4 heterocycles. The van der Waals surface area contributed by atoms with E-state index in [1.165, 1.54) is 38.1 Å². The van der Waals surface area contributed by atoms with Gasteiger partial charge in [-0.2, -0.15) is 0 Å². The van der Waals surface area contributed by atoms with Crippen molar-refractivity contribution in [2.45, 2.75) is 0 Å². The van der Waals surface area contributed by atoms with Crippen LogP contribution in [0.4, 0.5) is 0 Å². The fraction of sp³-hybridized carbons (Fsp3) is 0. The van der Waals surface area contributed by atoms with Gasteiger partial charge in [0.25, 0.3) is 0 Å². The summed E-state index contributed by atoms with van der Waals surface area (Å²) in [7, 11) is 0. The predicted molar refractivity (Wildman–Crippen MR) is 257 cm³/mol. The molecule has 0 aliphatic heterocycles. The molecule has 5 heteroatoms. The summed E-state index contributed by atoms with van der Waals surface area (Å²) in [5, 5.41) is 4.80. The number of hydrogen-bond acceptors (Lipinski definition) is 1. The molecule has 0 saturated heterocycles. The smallest absolute Gasteiger partial charge is 0.220 e. The highest BCUT2D eigenvalue weighted by Gasteiger charge is 2.26. The van der Waals surface area contributed by atoms with Crippen LogP contribution in [0.15, 0.2) is 224 Å². The van der Waals surface area contributed by atoms with Gasteiger partial charge in [-0.1, -0.05) is 140 Å². The highest BCUT2D eigenvalue weighted by Crippen LogP contribution is 2.43. The molecular formula is C57H37N5. The largest absolute Gasteiger partial charge is 0.309 e. The Morgan fingerprint density at radius 1 is 0.274 bits per heavy atom. The third-order valence-electron chi connectivity index (χ3n) is 12.6. The van der Waals surface area contributed by atoms with Crippen LogP contribution < -0.4 is 0 Å². The van der Waals surface area contributed by atoms with Gasteiger partial charge in [0.1, 0.15) is 0 Å². The highest BCUT2D eigenvalue weighted by molar-refractivity contribution is 6.12. The summed E-state index contributed by atoms with van der Waals surface area (Å²) in [6.45, 7) is 0. The molecule has 0 aliphatic carbocycles. The first-order valence-electron chi connectivity index (χ1n) is 21.1. The molecule has 4 aromatic heterocycles. The fourth-order valence-corrected chi connectivity index (χ4v) is 9.85. The summed E-state index contributed by atoms with van der Waals surface area (Å²) >= 11 is 0.